The first-order valence-corrected chi connectivity index (χ1v) is 7.44. The highest BCUT2D eigenvalue weighted by atomic mass is 35.5. The summed E-state index contributed by atoms with van der Waals surface area (Å²) in [5, 5.41) is -0.0570. The molecule has 2 rings (SSSR count). The standard InChI is InChI=1S/C11H15ClN2O3S/c1-17-11-3-2-8(12)6-10(11)14-5-4-9(7-13)18(14,15)16/h2-3,6,9H,4-5,7,13H2,1H3. The maximum atomic E-state index is 12.3. The van der Waals surface area contributed by atoms with E-state index >= 15 is 0 Å². The number of halogens is 1. The van der Waals surface area contributed by atoms with Crippen molar-refractivity contribution in [2.75, 3.05) is 24.5 Å². The van der Waals surface area contributed by atoms with Crippen LogP contribution in [0, 0.1) is 0 Å². The molecule has 1 aliphatic heterocycles. The van der Waals surface area contributed by atoms with Crippen LogP contribution in [0.2, 0.25) is 5.02 Å². The molecule has 0 aromatic heterocycles. The molecular formula is C11H15ClN2O3S. The van der Waals surface area contributed by atoms with Gasteiger partial charge in [0, 0.05) is 18.1 Å². The van der Waals surface area contributed by atoms with E-state index in [1.165, 1.54) is 11.4 Å². The third kappa shape index (κ3) is 2.15. The Morgan fingerprint density at radius 3 is 2.83 bits per heavy atom. The van der Waals surface area contributed by atoms with Gasteiger partial charge in [-0.15, -0.1) is 0 Å². The second kappa shape index (κ2) is 4.95. The predicted molar refractivity (Wildman–Crippen MR) is 71.7 cm³/mol. The van der Waals surface area contributed by atoms with E-state index in [4.69, 9.17) is 22.1 Å². The lowest BCUT2D eigenvalue weighted by Gasteiger charge is -2.21. The molecule has 0 aliphatic carbocycles. The zero-order chi connectivity index (χ0) is 13.3. The lowest BCUT2D eigenvalue weighted by molar-refractivity contribution is 0.415. The van der Waals surface area contributed by atoms with Crippen LogP contribution in [0.5, 0.6) is 5.75 Å². The Bertz CT molecular complexity index is 547. The van der Waals surface area contributed by atoms with Gasteiger partial charge in [-0.25, -0.2) is 8.42 Å². The van der Waals surface area contributed by atoms with Gasteiger partial charge < -0.3 is 10.5 Å². The fourth-order valence-electron chi connectivity index (χ4n) is 2.07. The molecule has 0 radical (unpaired) electrons. The van der Waals surface area contributed by atoms with E-state index in [2.05, 4.69) is 0 Å². The van der Waals surface area contributed by atoms with Gasteiger partial charge in [0.15, 0.2) is 0 Å². The summed E-state index contributed by atoms with van der Waals surface area (Å²) < 4.78 is 31.0. The SMILES string of the molecule is COc1ccc(Cl)cc1N1CCC(CN)S1(=O)=O. The van der Waals surface area contributed by atoms with Crippen molar-refractivity contribution in [1.82, 2.24) is 0 Å². The van der Waals surface area contributed by atoms with Crippen molar-refractivity contribution in [3.8, 4) is 5.75 Å². The van der Waals surface area contributed by atoms with E-state index in [0.717, 1.165) is 0 Å². The summed E-state index contributed by atoms with van der Waals surface area (Å²) in [6.07, 6.45) is 0.522. The molecule has 1 aromatic rings. The smallest absolute Gasteiger partial charge is 0.239 e. The number of nitrogens with two attached hydrogens (primary N) is 1. The maximum absolute atomic E-state index is 12.3. The lowest BCUT2D eigenvalue weighted by atomic mass is 10.2. The van der Waals surface area contributed by atoms with Crippen LogP contribution in [0.15, 0.2) is 18.2 Å². The van der Waals surface area contributed by atoms with Crippen molar-refractivity contribution in [3.05, 3.63) is 23.2 Å². The van der Waals surface area contributed by atoms with Crippen LogP contribution < -0.4 is 14.8 Å². The third-order valence-electron chi connectivity index (χ3n) is 3.06. The van der Waals surface area contributed by atoms with Gasteiger partial charge in [-0.1, -0.05) is 11.6 Å². The van der Waals surface area contributed by atoms with Gasteiger partial charge in [0.2, 0.25) is 10.0 Å². The lowest BCUT2D eigenvalue weighted by Crippen LogP contribution is -2.33. The average Bonchev–Trinajstić information content (AvgIpc) is 2.63. The predicted octanol–water partition coefficient (Wildman–Crippen LogP) is 1.22. The summed E-state index contributed by atoms with van der Waals surface area (Å²) in [6.45, 7) is 0.530. The molecule has 0 spiro atoms. The van der Waals surface area contributed by atoms with Gasteiger partial charge in [0.05, 0.1) is 18.0 Å². The minimum Gasteiger partial charge on any atom is -0.495 e. The molecule has 1 heterocycles. The van der Waals surface area contributed by atoms with Crippen molar-refractivity contribution in [3.63, 3.8) is 0 Å². The number of benzene rings is 1. The first-order chi connectivity index (χ1) is 8.50. The van der Waals surface area contributed by atoms with E-state index in [1.807, 2.05) is 0 Å². The van der Waals surface area contributed by atoms with Gasteiger partial charge in [0.1, 0.15) is 5.75 Å². The first kappa shape index (κ1) is 13.5. The average molecular weight is 291 g/mol. The van der Waals surface area contributed by atoms with Crippen molar-refractivity contribution in [1.29, 1.82) is 0 Å². The third-order valence-corrected chi connectivity index (χ3v) is 5.55. The molecule has 5 nitrogen and oxygen atoms in total. The molecule has 1 aromatic carbocycles. The highest BCUT2D eigenvalue weighted by Crippen LogP contribution is 2.36. The van der Waals surface area contributed by atoms with E-state index in [1.54, 1.807) is 18.2 Å². The van der Waals surface area contributed by atoms with Crippen LogP contribution in [0.4, 0.5) is 5.69 Å². The molecular weight excluding hydrogens is 276 g/mol. The second-order valence-electron chi connectivity index (χ2n) is 4.08. The van der Waals surface area contributed by atoms with Crippen LogP contribution in [-0.4, -0.2) is 33.9 Å². The van der Waals surface area contributed by atoms with Gasteiger partial charge in [-0.3, -0.25) is 4.31 Å². The minimum absolute atomic E-state index is 0.127. The van der Waals surface area contributed by atoms with E-state index in [0.29, 0.717) is 29.4 Å². The van der Waals surface area contributed by atoms with Gasteiger partial charge >= 0.3 is 0 Å². The molecule has 0 bridgehead atoms. The van der Waals surface area contributed by atoms with Crippen molar-refractivity contribution < 1.29 is 13.2 Å². The molecule has 0 amide bonds. The normalized spacial score (nSPS) is 22.2. The second-order valence-corrected chi connectivity index (χ2v) is 6.65. The molecule has 1 aliphatic rings. The number of nitrogens with zero attached hydrogens (tertiary/aromatic N) is 1. The summed E-state index contributed by atoms with van der Waals surface area (Å²) in [5.41, 5.74) is 5.96. The molecule has 1 fully saturated rings. The van der Waals surface area contributed by atoms with Crippen molar-refractivity contribution in [2.24, 2.45) is 5.73 Å². The monoisotopic (exact) mass is 290 g/mol. The Hall–Kier alpha value is -0.980. The number of methoxy groups -OCH3 is 1. The molecule has 1 saturated heterocycles. The Morgan fingerprint density at radius 1 is 1.56 bits per heavy atom. The fraction of sp³-hybridized carbons (Fsp3) is 0.455. The summed E-state index contributed by atoms with van der Waals surface area (Å²) in [5.74, 6) is 0.487. The number of ether oxygens (including phenoxy) is 1. The fourth-order valence-corrected chi connectivity index (χ4v) is 4.02. The van der Waals surface area contributed by atoms with Crippen LogP contribution >= 0.6 is 11.6 Å². The van der Waals surface area contributed by atoms with E-state index < -0.39 is 15.3 Å². The zero-order valence-electron chi connectivity index (χ0n) is 9.97. The molecule has 0 saturated carbocycles. The summed E-state index contributed by atoms with van der Waals surface area (Å²) in [7, 11) is -1.91. The van der Waals surface area contributed by atoms with Gasteiger partial charge in [0.25, 0.3) is 0 Å². The highest BCUT2D eigenvalue weighted by molar-refractivity contribution is 7.93. The molecule has 100 valence electrons. The van der Waals surface area contributed by atoms with E-state index in [9.17, 15) is 8.42 Å². The Balaban J connectivity index is 2.47. The van der Waals surface area contributed by atoms with Crippen LogP contribution in [0.1, 0.15) is 6.42 Å². The molecule has 18 heavy (non-hydrogen) atoms. The first-order valence-electron chi connectivity index (χ1n) is 5.56. The van der Waals surface area contributed by atoms with Crippen LogP contribution in [-0.2, 0) is 10.0 Å². The Morgan fingerprint density at radius 2 is 2.28 bits per heavy atom. The Labute approximate surface area is 112 Å². The Kier molecular flexibility index (Phi) is 3.70. The number of sulfonamides is 1. The summed E-state index contributed by atoms with van der Waals surface area (Å²) in [6, 6.07) is 4.91. The molecule has 1 atom stereocenters. The minimum atomic E-state index is -3.41. The van der Waals surface area contributed by atoms with Crippen LogP contribution in [0.25, 0.3) is 0 Å². The largest absolute Gasteiger partial charge is 0.495 e. The number of hydrogen-bond acceptors (Lipinski definition) is 4. The summed E-state index contributed by atoms with van der Waals surface area (Å²) >= 11 is 5.91. The quantitative estimate of drug-likeness (QED) is 0.908. The highest BCUT2D eigenvalue weighted by Gasteiger charge is 2.39. The number of rotatable bonds is 3. The summed E-state index contributed by atoms with van der Waals surface area (Å²) in [4.78, 5) is 0. The van der Waals surface area contributed by atoms with Gasteiger partial charge in [-0.05, 0) is 24.6 Å². The number of anilines is 1. The van der Waals surface area contributed by atoms with Crippen molar-refractivity contribution in [2.45, 2.75) is 11.7 Å². The van der Waals surface area contributed by atoms with E-state index in [-0.39, 0.29) is 6.54 Å². The number of hydrogen-bond donors (Lipinski definition) is 1. The van der Waals surface area contributed by atoms with Gasteiger partial charge in [-0.2, -0.15) is 0 Å². The topological polar surface area (TPSA) is 72.6 Å². The molecule has 7 heteroatoms. The molecule has 2 N–H and O–H groups in total. The van der Waals surface area contributed by atoms with Crippen molar-refractivity contribution >= 4 is 27.3 Å². The van der Waals surface area contributed by atoms with Crippen LogP contribution in [0.3, 0.4) is 0 Å². The zero-order valence-corrected chi connectivity index (χ0v) is 11.5. The molecule has 1 unspecified atom stereocenters. The maximum Gasteiger partial charge on any atom is 0.239 e.